The molecule has 1 aliphatic rings. The molecule has 0 aliphatic carbocycles. The Kier molecular flexibility index (Phi) is 9.12. The van der Waals surface area contributed by atoms with E-state index in [1.54, 1.807) is 12.1 Å². The van der Waals surface area contributed by atoms with Crippen molar-refractivity contribution in [1.82, 2.24) is 10.2 Å². The van der Waals surface area contributed by atoms with Crippen LogP contribution >= 0.6 is 23.2 Å². The number of benzene rings is 2. The quantitative estimate of drug-likeness (QED) is 0.534. The Labute approximate surface area is 188 Å². The number of hydrogen-bond donors (Lipinski definition) is 1. The molecule has 30 heavy (non-hydrogen) atoms. The summed E-state index contributed by atoms with van der Waals surface area (Å²) in [4.78, 5) is 14.8. The van der Waals surface area contributed by atoms with Crippen molar-refractivity contribution in [3.05, 3.63) is 58.6 Å². The van der Waals surface area contributed by atoms with Crippen molar-refractivity contribution < 1.29 is 14.3 Å². The van der Waals surface area contributed by atoms with Crippen LogP contribution in [0.3, 0.4) is 0 Å². The largest absolute Gasteiger partial charge is 0.494 e. The zero-order chi connectivity index (χ0) is 21.2. The molecular weight excluding hydrogens is 423 g/mol. The highest BCUT2D eigenvalue weighted by atomic mass is 35.5. The number of amides is 1. The van der Waals surface area contributed by atoms with Gasteiger partial charge in [-0.2, -0.15) is 0 Å². The molecule has 0 radical (unpaired) electrons. The molecule has 1 saturated heterocycles. The zero-order valence-electron chi connectivity index (χ0n) is 17.0. The maximum absolute atomic E-state index is 12.4. The molecule has 3 rings (SSSR count). The van der Waals surface area contributed by atoms with Gasteiger partial charge in [0.25, 0.3) is 0 Å². The van der Waals surface area contributed by atoms with E-state index in [-0.39, 0.29) is 11.8 Å². The number of hydrogen-bond acceptors (Lipinski definition) is 4. The van der Waals surface area contributed by atoms with E-state index in [1.165, 1.54) is 0 Å². The number of likely N-dealkylation sites (tertiary alicyclic amines) is 1. The first-order valence-corrected chi connectivity index (χ1v) is 11.1. The third-order valence-corrected chi connectivity index (χ3v) is 5.65. The smallest absolute Gasteiger partial charge is 0.223 e. The monoisotopic (exact) mass is 450 g/mol. The summed E-state index contributed by atoms with van der Waals surface area (Å²) >= 11 is 11.7. The Morgan fingerprint density at radius 1 is 0.900 bits per heavy atom. The van der Waals surface area contributed by atoms with Crippen LogP contribution in [-0.2, 0) is 4.79 Å². The van der Waals surface area contributed by atoms with E-state index in [2.05, 4.69) is 10.2 Å². The molecule has 1 amide bonds. The van der Waals surface area contributed by atoms with Gasteiger partial charge in [0.15, 0.2) is 0 Å². The molecule has 1 heterocycles. The van der Waals surface area contributed by atoms with Crippen molar-refractivity contribution >= 4 is 29.1 Å². The molecular formula is C23H28Cl2N2O3. The first kappa shape index (κ1) is 22.7. The lowest BCUT2D eigenvalue weighted by Gasteiger charge is -2.31. The third-order valence-electron chi connectivity index (χ3n) is 5.14. The molecule has 162 valence electrons. The summed E-state index contributed by atoms with van der Waals surface area (Å²) in [5.41, 5.74) is 0. The van der Waals surface area contributed by atoms with Gasteiger partial charge in [-0.15, -0.1) is 0 Å². The first-order chi connectivity index (χ1) is 14.6. The highest BCUT2D eigenvalue weighted by Gasteiger charge is 2.24. The summed E-state index contributed by atoms with van der Waals surface area (Å²) in [6.07, 6.45) is 2.74. The van der Waals surface area contributed by atoms with E-state index in [0.717, 1.165) is 50.4 Å². The molecule has 0 saturated carbocycles. The van der Waals surface area contributed by atoms with Crippen LogP contribution in [-0.4, -0.2) is 50.2 Å². The first-order valence-electron chi connectivity index (χ1n) is 10.4. The summed E-state index contributed by atoms with van der Waals surface area (Å²) in [5, 5.41) is 4.37. The number of rotatable bonds is 10. The van der Waals surface area contributed by atoms with Gasteiger partial charge in [-0.25, -0.2) is 0 Å². The Hall–Kier alpha value is -1.95. The number of nitrogens with zero attached hydrogens (tertiary/aromatic N) is 1. The maximum atomic E-state index is 12.4. The van der Waals surface area contributed by atoms with Crippen LogP contribution in [0.4, 0.5) is 0 Å². The lowest BCUT2D eigenvalue weighted by molar-refractivity contribution is -0.126. The number of nitrogens with one attached hydrogen (secondary N) is 1. The van der Waals surface area contributed by atoms with Crippen LogP contribution in [0.1, 0.15) is 19.3 Å². The van der Waals surface area contributed by atoms with Crippen molar-refractivity contribution in [2.75, 3.05) is 39.4 Å². The average molecular weight is 451 g/mol. The normalized spacial score (nSPS) is 15.0. The minimum Gasteiger partial charge on any atom is -0.494 e. The van der Waals surface area contributed by atoms with Gasteiger partial charge in [-0.1, -0.05) is 23.2 Å². The van der Waals surface area contributed by atoms with Crippen LogP contribution < -0.4 is 14.8 Å². The van der Waals surface area contributed by atoms with Gasteiger partial charge in [0.2, 0.25) is 5.91 Å². The van der Waals surface area contributed by atoms with Gasteiger partial charge in [-0.3, -0.25) is 4.79 Å². The highest BCUT2D eigenvalue weighted by molar-refractivity contribution is 6.30. The molecule has 2 aromatic rings. The van der Waals surface area contributed by atoms with E-state index >= 15 is 0 Å². The van der Waals surface area contributed by atoms with Crippen molar-refractivity contribution in [2.24, 2.45) is 5.92 Å². The van der Waals surface area contributed by atoms with E-state index in [4.69, 9.17) is 32.7 Å². The van der Waals surface area contributed by atoms with Crippen molar-refractivity contribution in [3.63, 3.8) is 0 Å². The second kappa shape index (κ2) is 12.0. The number of carbonyl (C=O) groups is 1. The number of halogens is 2. The highest BCUT2D eigenvalue weighted by Crippen LogP contribution is 2.19. The summed E-state index contributed by atoms with van der Waals surface area (Å²) < 4.78 is 11.3. The predicted molar refractivity (Wildman–Crippen MR) is 121 cm³/mol. The van der Waals surface area contributed by atoms with Crippen LogP contribution in [0.2, 0.25) is 10.0 Å². The fourth-order valence-corrected chi connectivity index (χ4v) is 3.70. The van der Waals surface area contributed by atoms with Gasteiger partial charge in [0.05, 0.1) is 13.2 Å². The SMILES string of the molecule is O=C(NCCOc1ccc(Cl)cc1)C1CCN(CCCOc2ccc(Cl)cc2)CC1. The Morgan fingerprint density at radius 2 is 1.43 bits per heavy atom. The van der Waals surface area contributed by atoms with Crippen molar-refractivity contribution in [3.8, 4) is 11.5 Å². The molecule has 0 spiro atoms. The predicted octanol–water partition coefficient (Wildman–Crippen LogP) is 4.67. The van der Waals surface area contributed by atoms with E-state index in [1.807, 2.05) is 36.4 Å². The molecule has 0 unspecified atom stereocenters. The van der Waals surface area contributed by atoms with Gasteiger partial charge >= 0.3 is 0 Å². The molecule has 2 aromatic carbocycles. The standard InChI is InChI=1S/C23H28Cl2N2O3/c24-19-2-6-21(7-3-19)29-16-1-13-27-14-10-18(11-15-27)23(28)26-12-17-30-22-8-4-20(25)5-9-22/h2-9,18H,1,10-17H2,(H,26,28). The molecule has 0 bridgehead atoms. The Morgan fingerprint density at radius 3 is 2.00 bits per heavy atom. The fourth-order valence-electron chi connectivity index (χ4n) is 3.45. The topological polar surface area (TPSA) is 50.8 Å². The number of piperidine rings is 1. The summed E-state index contributed by atoms with van der Waals surface area (Å²) in [6, 6.07) is 14.6. The maximum Gasteiger partial charge on any atom is 0.223 e. The minimum atomic E-state index is 0.0853. The van der Waals surface area contributed by atoms with Gasteiger partial charge in [-0.05, 0) is 80.9 Å². The number of ether oxygens (including phenoxy) is 2. The third kappa shape index (κ3) is 7.71. The minimum absolute atomic E-state index is 0.0853. The molecule has 1 aliphatic heterocycles. The fraction of sp³-hybridized carbons (Fsp3) is 0.435. The second-order valence-corrected chi connectivity index (χ2v) is 8.24. The summed E-state index contributed by atoms with van der Waals surface area (Å²) in [7, 11) is 0. The molecule has 1 fully saturated rings. The molecule has 1 N–H and O–H groups in total. The van der Waals surface area contributed by atoms with Gasteiger partial charge in [0, 0.05) is 22.5 Å². The van der Waals surface area contributed by atoms with Gasteiger partial charge < -0.3 is 19.7 Å². The van der Waals surface area contributed by atoms with Crippen molar-refractivity contribution in [2.45, 2.75) is 19.3 Å². The number of carbonyl (C=O) groups excluding carboxylic acids is 1. The molecule has 7 heteroatoms. The van der Waals surface area contributed by atoms with E-state index < -0.39 is 0 Å². The van der Waals surface area contributed by atoms with Crippen LogP contribution in [0.5, 0.6) is 11.5 Å². The van der Waals surface area contributed by atoms with Crippen LogP contribution in [0.15, 0.2) is 48.5 Å². The Bertz CT molecular complexity index is 776. The zero-order valence-corrected chi connectivity index (χ0v) is 18.5. The van der Waals surface area contributed by atoms with Crippen LogP contribution in [0, 0.1) is 5.92 Å². The van der Waals surface area contributed by atoms with E-state index in [0.29, 0.717) is 29.8 Å². The summed E-state index contributed by atoms with van der Waals surface area (Å²) in [5.74, 6) is 1.80. The van der Waals surface area contributed by atoms with E-state index in [9.17, 15) is 4.79 Å². The van der Waals surface area contributed by atoms with Gasteiger partial charge in [0.1, 0.15) is 18.1 Å². The lowest BCUT2D eigenvalue weighted by atomic mass is 9.96. The average Bonchev–Trinajstić information content (AvgIpc) is 2.77. The van der Waals surface area contributed by atoms with Crippen molar-refractivity contribution in [1.29, 1.82) is 0 Å². The molecule has 0 aromatic heterocycles. The lowest BCUT2D eigenvalue weighted by Crippen LogP contribution is -2.41. The Balaban J connectivity index is 1.24. The second-order valence-electron chi connectivity index (χ2n) is 7.37. The molecule has 5 nitrogen and oxygen atoms in total. The summed E-state index contributed by atoms with van der Waals surface area (Å²) in [6.45, 7) is 4.50. The molecule has 0 atom stereocenters. The van der Waals surface area contributed by atoms with Crippen LogP contribution in [0.25, 0.3) is 0 Å².